The Balaban J connectivity index is 2.15. The smallest absolute Gasteiger partial charge is 0.307 e. The van der Waals surface area contributed by atoms with Gasteiger partial charge < -0.3 is 10.1 Å². The summed E-state index contributed by atoms with van der Waals surface area (Å²) in [5, 5.41) is 10.3. The van der Waals surface area contributed by atoms with Crippen molar-refractivity contribution >= 4 is 35.7 Å². The van der Waals surface area contributed by atoms with Crippen LogP contribution in [0.15, 0.2) is 24.3 Å². The summed E-state index contributed by atoms with van der Waals surface area (Å²) < 4.78 is 6.78. The van der Waals surface area contributed by atoms with Crippen molar-refractivity contribution < 1.29 is 14.3 Å². The fraction of sp³-hybridized carbons (Fsp3) is 0.412. The molecule has 1 aromatic carbocycles. The first kappa shape index (κ1) is 20.1. The van der Waals surface area contributed by atoms with E-state index in [0.29, 0.717) is 16.2 Å². The van der Waals surface area contributed by atoms with Gasteiger partial charge in [-0.1, -0.05) is 30.7 Å². The van der Waals surface area contributed by atoms with Crippen molar-refractivity contribution in [1.29, 1.82) is 0 Å². The van der Waals surface area contributed by atoms with E-state index in [1.807, 2.05) is 6.92 Å². The summed E-state index contributed by atoms with van der Waals surface area (Å²) >= 11 is 11.1. The Morgan fingerprint density at radius 2 is 2.08 bits per heavy atom. The van der Waals surface area contributed by atoms with E-state index in [0.717, 1.165) is 17.8 Å². The zero-order chi connectivity index (χ0) is 19.1. The summed E-state index contributed by atoms with van der Waals surface area (Å²) in [6.45, 7) is 2.05. The first-order valence-electron chi connectivity index (χ1n) is 8.20. The fourth-order valence-corrected chi connectivity index (χ4v) is 2.85. The number of aromatic nitrogens is 3. The molecular weight excluding hydrogens is 376 g/mol. The minimum absolute atomic E-state index is 0.0163. The van der Waals surface area contributed by atoms with Gasteiger partial charge in [-0.15, -0.1) is 0 Å². The summed E-state index contributed by atoms with van der Waals surface area (Å²) in [6.07, 6.45) is 1.61. The van der Waals surface area contributed by atoms with Crippen molar-refractivity contribution in [3.05, 3.63) is 45.4 Å². The lowest BCUT2D eigenvalue weighted by molar-refractivity contribution is -0.141. The molecule has 140 valence electrons. The van der Waals surface area contributed by atoms with Crippen molar-refractivity contribution in [2.24, 2.45) is 0 Å². The number of amides is 1. The minimum Gasteiger partial charge on any atom is -0.469 e. The highest BCUT2D eigenvalue weighted by atomic mass is 35.5. The van der Waals surface area contributed by atoms with Gasteiger partial charge in [-0.25, -0.2) is 0 Å². The molecule has 1 amide bonds. The highest BCUT2D eigenvalue weighted by Crippen LogP contribution is 2.20. The van der Waals surface area contributed by atoms with Gasteiger partial charge in [-0.05, 0) is 36.3 Å². The summed E-state index contributed by atoms with van der Waals surface area (Å²) in [4.78, 5) is 24.3. The second-order valence-corrected chi connectivity index (χ2v) is 6.56. The van der Waals surface area contributed by atoms with Crippen LogP contribution in [0.2, 0.25) is 5.02 Å². The lowest BCUT2D eigenvalue weighted by Crippen LogP contribution is -2.33. The monoisotopic (exact) mass is 396 g/mol. The van der Waals surface area contributed by atoms with Crippen LogP contribution >= 0.6 is 23.8 Å². The van der Waals surface area contributed by atoms with Gasteiger partial charge in [0.2, 0.25) is 5.91 Å². The Kier molecular flexibility index (Phi) is 7.35. The molecule has 1 unspecified atom stereocenters. The highest BCUT2D eigenvalue weighted by Gasteiger charge is 2.20. The van der Waals surface area contributed by atoms with E-state index in [-0.39, 0.29) is 18.9 Å². The topological polar surface area (TPSA) is 89.0 Å². The van der Waals surface area contributed by atoms with E-state index in [9.17, 15) is 9.59 Å². The zero-order valence-corrected chi connectivity index (χ0v) is 16.2. The lowest BCUT2D eigenvalue weighted by Gasteiger charge is -2.19. The van der Waals surface area contributed by atoms with Crippen LogP contribution in [0.4, 0.5) is 0 Å². The maximum atomic E-state index is 12.5. The minimum atomic E-state index is -0.525. The molecule has 1 heterocycles. The van der Waals surface area contributed by atoms with E-state index in [2.05, 4.69) is 15.5 Å². The van der Waals surface area contributed by atoms with E-state index in [1.165, 1.54) is 7.11 Å². The van der Waals surface area contributed by atoms with Crippen LogP contribution in [0.25, 0.3) is 0 Å². The second-order valence-electron chi connectivity index (χ2n) is 5.73. The first-order chi connectivity index (χ1) is 12.4. The highest BCUT2D eigenvalue weighted by molar-refractivity contribution is 7.71. The Bertz CT molecular complexity index is 816. The van der Waals surface area contributed by atoms with Crippen LogP contribution in [-0.4, -0.2) is 33.8 Å². The predicted molar refractivity (Wildman–Crippen MR) is 100 cm³/mol. The molecule has 9 heteroatoms. The number of aryl methyl sites for hydroxylation is 1. The molecule has 0 saturated heterocycles. The van der Waals surface area contributed by atoms with Crippen molar-refractivity contribution in [3.8, 4) is 0 Å². The van der Waals surface area contributed by atoms with Crippen molar-refractivity contribution in [2.45, 2.75) is 38.8 Å². The van der Waals surface area contributed by atoms with Crippen LogP contribution in [0.5, 0.6) is 0 Å². The van der Waals surface area contributed by atoms with Crippen molar-refractivity contribution in [3.63, 3.8) is 0 Å². The number of carbonyl (C=O) groups is 2. The number of nitrogens with zero attached hydrogens (tertiary/aromatic N) is 2. The largest absolute Gasteiger partial charge is 0.469 e. The molecule has 0 fully saturated rings. The number of aromatic amines is 1. The average molecular weight is 397 g/mol. The molecule has 0 saturated carbocycles. The van der Waals surface area contributed by atoms with Crippen LogP contribution in [0, 0.1) is 4.77 Å². The average Bonchev–Trinajstić information content (AvgIpc) is 2.95. The van der Waals surface area contributed by atoms with Gasteiger partial charge in [0.1, 0.15) is 12.4 Å². The summed E-state index contributed by atoms with van der Waals surface area (Å²) in [5.74, 6) is 0.0317. The summed E-state index contributed by atoms with van der Waals surface area (Å²) in [5.41, 5.74) is 0.762. The second kappa shape index (κ2) is 9.49. The number of hydrogen-bond acceptors (Lipinski definition) is 5. The molecule has 0 bridgehead atoms. The molecular formula is C17H21ClN4O3S. The number of esters is 1. The number of hydrogen-bond donors (Lipinski definition) is 2. The maximum absolute atomic E-state index is 12.5. The number of benzene rings is 1. The van der Waals surface area contributed by atoms with Crippen LogP contribution < -0.4 is 5.32 Å². The molecule has 1 aromatic heterocycles. The predicted octanol–water partition coefficient (Wildman–Crippen LogP) is 2.97. The van der Waals surface area contributed by atoms with Gasteiger partial charge in [0.25, 0.3) is 0 Å². The SMILES string of the molecule is CCCc1n[nH]c(=S)n1CC(=O)NC(CC(=O)OC)c1ccc(Cl)cc1. The Hall–Kier alpha value is -2.19. The van der Waals surface area contributed by atoms with Crippen molar-refractivity contribution in [1.82, 2.24) is 20.1 Å². The number of H-pyrrole nitrogens is 1. The molecule has 2 aromatic rings. The Morgan fingerprint density at radius 3 is 2.69 bits per heavy atom. The summed E-state index contributed by atoms with van der Waals surface area (Å²) in [7, 11) is 1.31. The van der Waals surface area contributed by atoms with E-state index >= 15 is 0 Å². The van der Waals surface area contributed by atoms with Gasteiger partial charge in [-0.3, -0.25) is 19.3 Å². The number of halogens is 1. The Labute approximate surface area is 161 Å². The Morgan fingerprint density at radius 1 is 1.38 bits per heavy atom. The van der Waals surface area contributed by atoms with E-state index < -0.39 is 12.0 Å². The molecule has 2 N–H and O–H groups in total. The molecule has 0 radical (unpaired) electrons. The maximum Gasteiger partial charge on any atom is 0.307 e. The number of nitrogens with one attached hydrogen (secondary N) is 2. The number of ether oxygens (including phenoxy) is 1. The number of rotatable bonds is 8. The van der Waals surface area contributed by atoms with Gasteiger partial charge in [0.15, 0.2) is 4.77 Å². The van der Waals surface area contributed by atoms with Gasteiger partial charge in [0.05, 0.1) is 19.6 Å². The van der Waals surface area contributed by atoms with Gasteiger partial charge >= 0.3 is 5.97 Å². The molecule has 0 aliphatic heterocycles. The van der Waals surface area contributed by atoms with Crippen LogP contribution in [0.1, 0.15) is 37.2 Å². The zero-order valence-electron chi connectivity index (χ0n) is 14.6. The summed E-state index contributed by atoms with van der Waals surface area (Å²) in [6, 6.07) is 6.42. The lowest BCUT2D eigenvalue weighted by atomic mass is 10.0. The quantitative estimate of drug-likeness (QED) is 0.529. The standard InChI is InChI=1S/C17H21ClN4O3S/c1-3-4-14-20-21-17(26)22(14)10-15(23)19-13(9-16(24)25-2)11-5-7-12(18)8-6-11/h5-8,13H,3-4,9-10H2,1-2H3,(H,19,23)(H,21,26). The van der Waals surface area contributed by atoms with E-state index in [1.54, 1.807) is 28.8 Å². The molecule has 0 aliphatic carbocycles. The van der Waals surface area contributed by atoms with Crippen molar-refractivity contribution in [2.75, 3.05) is 7.11 Å². The first-order valence-corrected chi connectivity index (χ1v) is 8.99. The third-order valence-electron chi connectivity index (χ3n) is 3.82. The number of methoxy groups -OCH3 is 1. The molecule has 7 nitrogen and oxygen atoms in total. The third-order valence-corrected chi connectivity index (χ3v) is 4.38. The van der Waals surface area contributed by atoms with Crippen LogP contribution in [-0.2, 0) is 27.3 Å². The molecule has 0 aliphatic rings. The fourth-order valence-electron chi connectivity index (χ4n) is 2.51. The van der Waals surface area contributed by atoms with Gasteiger partial charge in [0, 0.05) is 11.4 Å². The molecule has 2 rings (SSSR count). The molecule has 1 atom stereocenters. The van der Waals surface area contributed by atoms with Gasteiger partial charge in [-0.2, -0.15) is 5.10 Å². The number of carbonyl (C=O) groups excluding carboxylic acids is 2. The molecule has 0 spiro atoms. The van der Waals surface area contributed by atoms with E-state index in [4.69, 9.17) is 28.6 Å². The third kappa shape index (κ3) is 5.40. The molecule has 26 heavy (non-hydrogen) atoms. The van der Waals surface area contributed by atoms with Crippen LogP contribution in [0.3, 0.4) is 0 Å². The normalized spacial score (nSPS) is 11.8.